The summed E-state index contributed by atoms with van der Waals surface area (Å²) in [4.78, 5) is 15.7. The second kappa shape index (κ2) is 5.09. The van der Waals surface area contributed by atoms with Crippen LogP contribution in [0.2, 0.25) is 0 Å². The van der Waals surface area contributed by atoms with Crippen molar-refractivity contribution in [3.05, 3.63) is 35.4 Å². The van der Waals surface area contributed by atoms with Crippen LogP contribution in [0.5, 0.6) is 0 Å². The first-order valence-electron chi connectivity index (χ1n) is 9.95. The molecular weight excluding hydrogens is 294 g/mol. The standard InChI is InChI=1S/C22H29NO/c1-16-4-6-19(7-5-16)21-11-17-10-18(12-21)14-22(13-17,15-21)20(24)23-8-2-3-9-23/h4-7,17-18H,2-3,8-15H2,1H3/t17-,18-,21?,22?/m1/s1. The molecule has 1 aromatic rings. The fraction of sp³-hybridized carbons (Fsp3) is 0.682. The molecule has 0 unspecified atom stereocenters. The number of carbonyl (C=O) groups excluding carboxylic acids is 1. The third-order valence-electron chi connectivity index (χ3n) is 7.57. The van der Waals surface area contributed by atoms with E-state index >= 15 is 0 Å². The van der Waals surface area contributed by atoms with Gasteiger partial charge >= 0.3 is 0 Å². The average molecular weight is 323 g/mol. The number of rotatable bonds is 2. The third-order valence-corrected chi connectivity index (χ3v) is 7.57. The monoisotopic (exact) mass is 323 g/mol. The first kappa shape index (κ1) is 15.0. The van der Waals surface area contributed by atoms with Gasteiger partial charge in [0.1, 0.15) is 0 Å². The quantitative estimate of drug-likeness (QED) is 0.787. The lowest BCUT2D eigenvalue weighted by Crippen LogP contribution is -2.59. The fourth-order valence-corrected chi connectivity index (χ4v) is 7.01. The van der Waals surface area contributed by atoms with Gasteiger partial charge in [-0.3, -0.25) is 4.79 Å². The Morgan fingerprint density at radius 1 is 1.00 bits per heavy atom. The van der Waals surface area contributed by atoms with Gasteiger partial charge in [-0.15, -0.1) is 0 Å². The molecule has 2 atom stereocenters. The number of aryl methyl sites for hydroxylation is 1. The van der Waals surface area contributed by atoms with Gasteiger partial charge in [0.25, 0.3) is 0 Å². The maximum Gasteiger partial charge on any atom is 0.228 e. The van der Waals surface area contributed by atoms with Gasteiger partial charge in [-0.2, -0.15) is 0 Å². The molecule has 0 radical (unpaired) electrons. The molecule has 1 aliphatic heterocycles. The summed E-state index contributed by atoms with van der Waals surface area (Å²) in [6.45, 7) is 4.18. The maximum atomic E-state index is 13.5. The Morgan fingerprint density at radius 3 is 2.25 bits per heavy atom. The molecule has 1 amide bonds. The number of carbonyl (C=O) groups is 1. The minimum absolute atomic E-state index is 0.0285. The van der Waals surface area contributed by atoms with Crippen LogP contribution >= 0.6 is 0 Å². The van der Waals surface area contributed by atoms with Crippen LogP contribution in [-0.2, 0) is 10.2 Å². The molecule has 5 fully saturated rings. The molecule has 1 aromatic carbocycles. The normalized spacial score (nSPS) is 40.3. The summed E-state index contributed by atoms with van der Waals surface area (Å²) in [5, 5.41) is 0. The number of likely N-dealkylation sites (tertiary alicyclic amines) is 1. The van der Waals surface area contributed by atoms with Crippen LogP contribution in [0.15, 0.2) is 24.3 Å². The van der Waals surface area contributed by atoms with Gasteiger partial charge in [-0.05, 0) is 81.1 Å². The smallest absolute Gasteiger partial charge is 0.228 e. The Labute approximate surface area is 145 Å². The van der Waals surface area contributed by atoms with Gasteiger partial charge in [0.05, 0.1) is 5.41 Å². The van der Waals surface area contributed by atoms with E-state index in [1.807, 2.05) is 0 Å². The highest BCUT2D eigenvalue weighted by Gasteiger charge is 2.61. The summed E-state index contributed by atoms with van der Waals surface area (Å²) < 4.78 is 0. The second-order valence-electron chi connectivity index (χ2n) is 9.39. The lowest BCUT2D eigenvalue weighted by molar-refractivity contribution is -0.159. The Bertz CT molecular complexity index is 641. The number of hydrogen-bond donors (Lipinski definition) is 0. The molecule has 5 aliphatic rings. The van der Waals surface area contributed by atoms with Crippen molar-refractivity contribution in [2.45, 2.75) is 63.7 Å². The third kappa shape index (κ3) is 2.11. The number of amides is 1. The van der Waals surface area contributed by atoms with E-state index < -0.39 is 0 Å². The summed E-state index contributed by atoms with van der Waals surface area (Å²) in [5.74, 6) is 2.07. The Morgan fingerprint density at radius 2 is 1.62 bits per heavy atom. The predicted molar refractivity (Wildman–Crippen MR) is 95.8 cm³/mol. The molecule has 6 rings (SSSR count). The van der Waals surface area contributed by atoms with Crippen molar-refractivity contribution in [3.63, 3.8) is 0 Å². The molecule has 0 aromatic heterocycles. The van der Waals surface area contributed by atoms with Crippen LogP contribution in [0.3, 0.4) is 0 Å². The highest BCUT2D eigenvalue weighted by atomic mass is 16.2. The molecule has 1 saturated heterocycles. The summed E-state index contributed by atoms with van der Waals surface area (Å²) in [7, 11) is 0. The average Bonchev–Trinajstić information content (AvgIpc) is 3.07. The van der Waals surface area contributed by atoms with Crippen molar-refractivity contribution < 1.29 is 4.79 Å². The molecular formula is C22H29NO. The van der Waals surface area contributed by atoms with Crippen LogP contribution in [0, 0.1) is 24.2 Å². The first-order chi connectivity index (χ1) is 11.6. The highest BCUT2D eigenvalue weighted by molar-refractivity contribution is 5.84. The predicted octanol–water partition coefficient (Wildman–Crippen LogP) is 4.46. The van der Waals surface area contributed by atoms with E-state index in [-0.39, 0.29) is 10.8 Å². The number of nitrogens with zero attached hydrogens (tertiary/aromatic N) is 1. The lowest BCUT2D eigenvalue weighted by Gasteiger charge is -2.62. The molecule has 0 N–H and O–H groups in total. The van der Waals surface area contributed by atoms with Crippen molar-refractivity contribution >= 4 is 5.91 Å². The summed E-state index contributed by atoms with van der Waals surface area (Å²) in [6, 6.07) is 9.25. The van der Waals surface area contributed by atoms with E-state index in [0.717, 1.165) is 31.3 Å². The van der Waals surface area contributed by atoms with Crippen LogP contribution in [0.25, 0.3) is 0 Å². The van der Waals surface area contributed by atoms with E-state index in [1.54, 1.807) is 0 Å². The fourth-order valence-electron chi connectivity index (χ4n) is 7.01. The molecule has 128 valence electrons. The van der Waals surface area contributed by atoms with Crippen molar-refractivity contribution in [2.75, 3.05) is 13.1 Å². The zero-order valence-corrected chi connectivity index (χ0v) is 14.9. The topological polar surface area (TPSA) is 20.3 Å². The van der Waals surface area contributed by atoms with Crippen LogP contribution < -0.4 is 0 Å². The van der Waals surface area contributed by atoms with E-state index in [1.165, 1.54) is 56.1 Å². The van der Waals surface area contributed by atoms with Gasteiger partial charge < -0.3 is 4.90 Å². The second-order valence-corrected chi connectivity index (χ2v) is 9.39. The molecule has 4 bridgehead atoms. The zero-order chi connectivity index (χ0) is 16.4. The Balaban J connectivity index is 1.52. The highest BCUT2D eigenvalue weighted by Crippen LogP contribution is 2.66. The van der Waals surface area contributed by atoms with Crippen molar-refractivity contribution in [1.29, 1.82) is 0 Å². The van der Waals surface area contributed by atoms with Gasteiger partial charge in [0, 0.05) is 13.1 Å². The van der Waals surface area contributed by atoms with Crippen LogP contribution in [0.4, 0.5) is 0 Å². The summed E-state index contributed by atoms with van der Waals surface area (Å²) in [6.07, 6.45) is 9.89. The minimum atomic E-state index is -0.0285. The van der Waals surface area contributed by atoms with Gasteiger partial charge in [-0.25, -0.2) is 0 Å². The minimum Gasteiger partial charge on any atom is -0.342 e. The van der Waals surface area contributed by atoms with Crippen molar-refractivity contribution in [2.24, 2.45) is 17.3 Å². The van der Waals surface area contributed by atoms with Crippen molar-refractivity contribution in [1.82, 2.24) is 4.90 Å². The Hall–Kier alpha value is -1.31. The van der Waals surface area contributed by atoms with Gasteiger partial charge in [0.2, 0.25) is 5.91 Å². The van der Waals surface area contributed by atoms with Crippen LogP contribution in [-0.4, -0.2) is 23.9 Å². The molecule has 1 heterocycles. The van der Waals surface area contributed by atoms with Crippen LogP contribution in [0.1, 0.15) is 62.5 Å². The first-order valence-corrected chi connectivity index (χ1v) is 9.95. The SMILES string of the molecule is Cc1ccc(C23C[C@H]4C[C@@H](CC(C(=O)N5CCCC5)(C4)C2)C3)cc1. The van der Waals surface area contributed by atoms with E-state index in [0.29, 0.717) is 5.91 Å². The van der Waals surface area contributed by atoms with E-state index in [4.69, 9.17) is 0 Å². The Kier molecular flexibility index (Phi) is 3.18. The molecule has 0 spiro atoms. The van der Waals surface area contributed by atoms with E-state index in [2.05, 4.69) is 36.1 Å². The summed E-state index contributed by atoms with van der Waals surface area (Å²) in [5.41, 5.74) is 3.11. The lowest BCUT2D eigenvalue weighted by atomic mass is 9.42. The molecule has 4 aliphatic carbocycles. The summed E-state index contributed by atoms with van der Waals surface area (Å²) >= 11 is 0. The van der Waals surface area contributed by atoms with E-state index in [9.17, 15) is 4.79 Å². The molecule has 2 heteroatoms. The number of benzene rings is 1. The number of hydrogen-bond acceptors (Lipinski definition) is 1. The molecule has 4 saturated carbocycles. The van der Waals surface area contributed by atoms with Gasteiger partial charge in [0.15, 0.2) is 0 Å². The zero-order valence-electron chi connectivity index (χ0n) is 14.9. The van der Waals surface area contributed by atoms with Gasteiger partial charge in [-0.1, -0.05) is 29.8 Å². The molecule has 24 heavy (non-hydrogen) atoms. The van der Waals surface area contributed by atoms with Crippen molar-refractivity contribution in [3.8, 4) is 0 Å². The molecule has 2 nitrogen and oxygen atoms in total. The maximum absolute atomic E-state index is 13.5. The largest absolute Gasteiger partial charge is 0.342 e.